The maximum atomic E-state index is 10.7. The molecule has 4 nitrogen and oxygen atoms in total. The molecule has 82 valence electrons. The third-order valence-corrected chi connectivity index (χ3v) is 2.67. The predicted molar refractivity (Wildman–Crippen MR) is 55.4 cm³/mol. The first-order valence-corrected chi connectivity index (χ1v) is 5.40. The molecule has 0 spiro atoms. The van der Waals surface area contributed by atoms with Crippen LogP contribution in [-0.4, -0.2) is 48.2 Å². The lowest BCUT2D eigenvalue weighted by molar-refractivity contribution is -0.139. The first-order valence-electron chi connectivity index (χ1n) is 5.40. The second kappa shape index (κ2) is 5.98. The van der Waals surface area contributed by atoms with Crippen molar-refractivity contribution >= 4 is 5.97 Å². The summed E-state index contributed by atoms with van der Waals surface area (Å²) in [7, 11) is 0. The molecule has 0 saturated carbocycles. The van der Waals surface area contributed by atoms with E-state index in [-0.39, 0.29) is 6.54 Å². The van der Waals surface area contributed by atoms with Crippen LogP contribution in [0, 0.1) is 0 Å². The normalized spacial score (nSPS) is 18.7. The zero-order valence-corrected chi connectivity index (χ0v) is 8.83. The van der Waals surface area contributed by atoms with Crippen LogP contribution < -0.4 is 5.32 Å². The lowest BCUT2D eigenvalue weighted by Crippen LogP contribution is -2.45. The lowest BCUT2D eigenvalue weighted by Gasteiger charge is -2.33. The third-order valence-electron chi connectivity index (χ3n) is 2.67. The van der Waals surface area contributed by atoms with E-state index in [1.54, 1.807) is 0 Å². The number of nitrogens with zero attached hydrogens (tertiary/aromatic N) is 1. The number of piperidine rings is 1. The summed E-state index contributed by atoms with van der Waals surface area (Å²) in [6.45, 7) is 5.22. The molecule has 1 aliphatic heterocycles. The molecular weight excluding hydrogens is 180 g/mol. The van der Waals surface area contributed by atoms with Gasteiger partial charge in [-0.1, -0.05) is 6.92 Å². The maximum absolute atomic E-state index is 10.7. The van der Waals surface area contributed by atoms with E-state index in [4.69, 9.17) is 5.11 Å². The fourth-order valence-corrected chi connectivity index (χ4v) is 2.02. The molecular formula is C10H20N2O2. The van der Waals surface area contributed by atoms with Crippen LogP contribution in [0.15, 0.2) is 0 Å². The number of aliphatic carboxylic acids is 1. The van der Waals surface area contributed by atoms with E-state index in [0.29, 0.717) is 6.04 Å². The highest BCUT2D eigenvalue weighted by atomic mass is 16.4. The van der Waals surface area contributed by atoms with Crippen molar-refractivity contribution in [1.82, 2.24) is 10.2 Å². The number of carbonyl (C=O) groups is 1. The molecule has 1 fully saturated rings. The van der Waals surface area contributed by atoms with Crippen LogP contribution in [0.5, 0.6) is 0 Å². The van der Waals surface area contributed by atoms with E-state index < -0.39 is 5.97 Å². The van der Waals surface area contributed by atoms with Gasteiger partial charge in [0.1, 0.15) is 0 Å². The third kappa shape index (κ3) is 3.64. The second-order valence-electron chi connectivity index (χ2n) is 3.85. The minimum Gasteiger partial charge on any atom is -0.480 e. The van der Waals surface area contributed by atoms with E-state index in [1.165, 1.54) is 0 Å². The summed E-state index contributed by atoms with van der Waals surface area (Å²) in [6.07, 6.45) is 3.18. The number of hydrogen-bond donors (Lipinski definition) is 2. The van der Waals surface area contributed by atoms with E-state index in [0.717, 1.165) is 38.9 Å². The van der Waals surface area contributed by atoms with Gasteiger partial charge in [0.15, 0.2) is 0 Å². The lowest BCUT2D eigenvalue weighted by atomic mass is 10.0. The highest BCUT2D eigenvalue weighted by Gasteiger charge is 2.21. The van der Waals surface area contributed by atoms with Gasteiger partial charge in [0.05, 0.1) is 6.54 Å². The van der Waals surface area contributed by atoms with Crippen LogP contribution in [0.2, 0.25) is 0 Å². The van der Waals surface area contributed by atoms with Crippen molar-refractivity contribution in [2.45, 2.75) is 32.2 Å². The molecule has 0 atom stereocenters. The molecule has 2 N–H and O–H groups in total. The molecule has 0 unspecified atom stereocenters. The molecule has 0 bridgehead atoms. The summed E-state index contributed by atoms with van der Waals surface area (Å²) < 4.78 is 0. The van der Waals surface area contributed by atoms with Crippen LogP contribution in [0.25, 0.3) is 0 Å². The molecule has 0 radical (unpaired) electrons. The number of nitrogens with one attached hydrogen (secondary N) is 1. The highest BCUT2D eigenvalue weighted by molar-refractivity contribution is 5.69. The summed E-state index contributed by atoms with van der Waals surface area (Å²) in [4.78, 5) is 12.8. The Labute approximate surface area is 85.3 Å². The van der Waals surface area contributed by atoms with Gasteiger partial charge >= 0.3 is 5.97 Å². The Morgan fingerprint density at radius 1 is 1.50 bits per heavy atom. The van der Waals surface area contributed by atoms with Crippen molar-refractivity contribution in [3.05, 3.63) is 0 Å². The predicted octanol–water partition coefficient (Wildman–Crippen LogP) is 0.535. The van der Waals surface area contributed by atoms with Crippen LogP contribution in [0.1, 0.15) is 26.2 Å². The van der Waals surface area contributed by atoms with E-state index in [9.17, 15) is 4.79 Å². The van der Waals surface area contributed by atoms with Gasteiger partial charge in [-0.15, -0.1) is 0 Å². The molecule has 1 saturated heterocycles. The van der Waals surface area contributed by atoms with Gasteiger partial charge in [-0.25, -0.2) is 0 Å². The number of carboxylic acids is 1. The number of carboxylic acid groups (broad SMARTS) is 1. The van der Waals surface area contributed by atoms with Crippen molar-refractivity contribution in [3.63, 3.8) is 0 Å². The van der Waals surface area contributed by atoms with Crippen LogP contribution in [-0.2, 0) is 4.79 Å². The first kappa shape index (κ1) is 11.5. The Kier molecular flexibility index (Phi) is 4.90. The molecule has 14 heavy (non-hydrogen) atoms. The molecule has 0 aliphatic carbocycles. The average molecular weight is 200 g/mol. The Hall–Kier alpha value is -0.610. The van der Waals surface area contributed by atoms with Crippen LogP contribution >= 0.6 is 0 Å². The molecule has 0 aromatic rings. The van der Waals surface area contributed by atoms with Gasteiger partial charge in [-0.2, -0.15) is 0 Å². The van der Waals surface area contributed by atoms with Gasteiger partial charge in [0, 0.05) is 6.04 Å². The highest BCUT2D eigenvalue weighted by Crippen LogP contribution is 2.11. The first-order chi connectivity index (χ1) is 6.74. The Bertz CT molecular complexity index is 179. The van der Waals surface area contributed by atoms with E-state index in [1.807, 2.05) is 0 Å². The van der Waals surface area contributed by atoms with Crippen LogP contribution in [0.4, 0.5) is 0 Å². The average Bonchev–Trinajstić information content (AvgIpc) is 2.18. The standard InChI is InChI=1S/C10H20N2O2/c1-2-7-12(8-10(13)14)9-3-5-11-6-4-9/h9,11H,2-8H2,1H3,(H,13,14). The molecule has 0 aromatic heterocycles. The SMILES string of the molecule is CCCN(CC(=O)O)C1CCNCC1. The second-order valence-corrected chi connectivity index (χ2v) is 3.85. The fraction of sp³-hybridized carbons (Fsp3) is 0.900. The smallest absolute Gasteiger partial charge is 0.317 e. The van der Waals surface area contributed by atoms with Gasteiger partial charge in [-0.3, -0.25) is 9.69 Å². The van der Waals surface area contributed by atoms with E-state index >= 15 is 0 Å². The maximum Gasteiger partial charge on any atom is 0.317 e. The molecule has 1 heterocycles. The number of rotatable bonds is 5. The van der Waals surface area contributed by atoms with Crippen molar-refractivity contribution in [1.29, 1.82) is 0 Å². The van der Waals surface area contributed by atoms with Gasteiger partial charge in [0.25, 0.3) is 0 Å². The number of hydrogen-bond acceptors (Lipinski definition) is 3. The van der Waals surface area contributed by atoms with Crippen molar-refractivity contribution in [2.75, 3.05) is 26.2 Å². The summed E-state index contributed by atoms with van der Waals surface area (Å²) in [5, 5.41) is 12.1. The molecule has 4 heteroatoms. The topological polar surface area (TPSA) is 52.6 Å². The van der Waals surface area contributed by atoms with E-state index in [2.05, 4.69) is 17.1 Å². The summed E-state index contributed by atoms with van der Waals surface area (Å²) >= 11 is 0. The largest absolute Gasteiger partial charge is 0.480 e. The molecule has 0 amide bonds. The molecule has 0 aromatic carbocycles. The van der Waals surface area contributed by atoms with Crippen molar-refractivity contribution in [3.8, 4) is 0 Å². The Morgan fingerprint density at radius 2 is 2.14 bits per heavy atom. The fourth-order valence-electron chi connectivity index (χ4n) is 2.02. The van der Waals surface area contributed by atoms with Gasteiger partial charge in [-0.05, 0) is 38.9 Å². The van der Waals surface area contributed by atoms with Gasteiger partial charge in [0.2, 0.25) is 0 Å². The summed E-state index contributed by atoms with van der Waals surface area (Å²) in [6, 6.07) is 0.465. The Morgan fingerprint density at radius 3 is 2.64 bits per heavy atom. The van der Waals surface area contributed by atoms with Crippen LogP contribution in [0.3, 0.4) is 0 Å². The molecule has 1 aliphatic rings. The van der Waals surface area contributed by atoms with Crippen molar-refractivity contribution < 1.29 is 9.90 Å². The monoisotopic (exact) mass is 200 g/mol. The molecule has 1 rings (SSSR count). The minimum atomic E-state index is -0.711. The zero-order chi connectivity index (χ0) is 10.4. The summed E-state index contributed by atoms with van der Waals surface area (Å²) in [5.74, 6) is -0.711. The zero-order valence-electron chi connectivity index (χ0n) is 8.83. The summed E-state index contributed by atoms with van der Waals surface area (Å²) in [5.41, 5.74) is 0. The minimum absolute atomic E-state index is 0.193. The van der Waals surface area contributed by atoms with Gasteiger partial charge < -0.3 is 10.4 Å². The Balaban J connectivity index is 2.42. The van der Waals surface area contributed by atoms with Crippen molar-refractivity contribution in [2.24, 2.45) is 0 Å². The quantitative estimate of drug-likeness (QED) is 0.680.